The summed E-state index contributed by atoms with van der Waals surface area (Å²) in [4.78, 5) is 8.56. The lowest BCUT2D eigenvalue weighted by Gasteiger charge is -2.05. The van der Waals surface area contributed by atoms with E-state index in [1.54, 1.807) is 0 Å². The topological polar surface area (TPSA) is 190 Å². The minimum absolute atomic E-state index is 0.154. The number of carbonyl (C=O) groups is 1. The third kappa shape index (κ3) is 36.4. The molecule has 0 aromatic carbocycles. The smallest absolute Gasteiger partial charge is 0.450 e. The summed E-state index contributed by atoms with van der Waals surface area (Å²) < 4.78 is 0. The highest BCUT2D eigenvalue weighted by atomic mass is 16.6. The predicted octanol–water partition coefficient (Wildman–Crippen LogP) is -0.840. The molecule has 9 nitrogen and oxygen atoms in total. The molecule has 2 atom stereocenters. The monoisotopic (exact) mass is 328 g/mol. The molecular formula is C13H32N2O7. The van der Waals surface area contributed by atoms with Gasteiger partial charge in [0.2, 0.25) is 0 Å². The molecule has 0 bridgehead atoms. The maximum absolute atomic E-state index is 8.99. The van der Waals surface area contributed by atoms with Crippen LogP contribution in [0.3, 0.4) is 0 Å². The second-order valence-corrected chi connectivity index (χ2v) is 4.48. The van der Waals surface area contributed by atoms with Gasteiger partial charge in [-0.25, -0.2) is 4.79 Å². The van der Waals surface area contributed by atoms with Crippen molar-refractivity contribution < 1.29 is 35.4 Å². The van der Waals surface area contributed by atoms with Crippen LogP contribution in [0.5, 0.6) is 0 Å². The van der Waals surface area contributed by atoms with Crippen LogP contribution in [-0.4, -0.2) is 75.3 Å². The van der Waals surface area contributed by atoms with Gasteiger partial charge in [0.05, 0.1) is 12.2 Å². The van der Waals surface area contributed by atoms with Crippen molar-refractivity contribution in [1.29, 1.82) is 0 Å². The molecule has 22 heavy (non-hydrogen) atoms. The minimum atomic E-state index is -1.83. The fraction of sp³-hybridized carbons (Fsp3) is 0.923. The molecule has 136 valence electrons. The molecule has 0 rings (SSSR count). The summed E-state index contributed by atoms with van der Waals surface area (Å²) in [5, 5.41) is 48.6. The van der Waals surface area contributed by atoms with E-state index >= 15 is 0 Å². The first-order valence-electron chi connectivity index (χ1n) is 7.25. The molecule has 0 heterocycles. The molecule has 10 N–H and O–H groups in total. The molecule has 9 heteroatoms. The summed E-state index contributed by atoms with van der Waals surface area (Å²) in [6.45, 7) is 1.35. The van der Waals surface area contributed by atoms with Crippen LogP contribution in [0.1, 0.15) is 38.5 Å². The molecular weight excluding hydrogens is 296 g/mol. The third-order valence-electron chi connectivity index (χ3n) is 2.39. The highest BCUT2D eigenvalue weighted by Crippen LogP contribution is 1.99. The van der Waals surface area contributed by atoms with Gasteiger partial charge in [-0.1, -0.05) is 0 Å². The van der Waals surface area contributed by atoms with Gasteiger partial charge in [-0.3, -0.25) is 0 Å². The van der Waals surface area contributed by atoms with Gasteiger partial charge in [-0.05, 0) is 51.6 Å². The zero-order chi connectivity index (χ0) is 17.8. The van der Waals surface area contributed by atoms with Crippen molar-refractivity contribution in [3.05, 3.63) is 0 Å². The number of nitrogens with two attached hydrogens (primary N) is 2. The molecule has 0 saturated carbocycles. The van der Waals surface area contributed by atoms with E-state index in [0.717, 1.165) is 0 Å². The Kier molecular flexibility index (Phi) is 26.3. The molecule has 0 radical (unpaired) electrons. The normalized spacial score (nSPS) is 12.3. The Labute approximate surface area is 131 Å². The Hall–Kier alpha value is -0.970. The number of aliphatic hydroxyl groups is 4. The summed E-state index contributed by atoms with van der Waals surface area (Å²) in [6.07, 6.45) is 1.47. The molecule has 0 aliphatic heterocycles. The maximum Gasteiger partial charge on any atom is 0.503 e. The van der Waals surface area contributed by atoms with Gasteiger partial charge in [0.15, 0.2) is 0 Å². The van der Waals surface area contributed by atoms with E-state index < -0.39 is 6.16 Å². The maximum atomic E-state index is 8.99. The van der Waals surface area contributed by atoms with E-state index in [-0.39, 0.29) is 25.4 Å². The second kappa shape index (κ2) is 22.3. The van der Waals surface area contributed by atoms with Crippen LogP contribution in [0.15, 0.2) is 0 Å². The third-order valence-corrected chi connectivity index (χ3v) is 2.39. The van der Waals surface area contributed by atoms with Crippen LogP contribution in [0, 0.1) is 0 Å². The Morgan fingerprint density at radius 2 is 1.05 bits per heavy atom. The van der Waals surface area contributed by atoms with Crippen molar-refractivity contribution in [3.63, 3.8) is 0 Å². The lowest BCUT2D eigenvalue weighted by Crippen LogP contribution is -2.13. The Morgan fingerprint density at radius 1 is 0.773 bits per heavy atom. The summed E-state index contributed by atoms with van der Waals surface area (Å²) >= 11 is 0. The average Bonchev–Trinajstić information content (AvgIpc) is 2.43. The minimum Gasteiger partial charge on any atom is -0.450 e. The van der Waals surface area contributed by atoms with Gasteiger partial charge in [0, 0.05) is 13.2 Å². The van der Waals surface area contributed by atoms with Crippen molar-refractivity contribution >= 4 is 6.16 Å². The van der Waals surface area contributed by atoms with Crippen molar-refractivity contribution in [2.24, 2.45) is 11.5 Å². The van der Waals surface area contributed by atoms with Gasteiger partial charge in [0.1, 0.15) is 0 Å². The Bertz CT molecular complexity index is 201. The summed E-state index contributed by atoms with van der Waals surface area (Å²) in [5.41, 5.74) is 10.4. The number of aliphatic hydroxyl groups excluding tert-OH is 4. The Balaban J connectivity index is -0.000000266. The van der Waals surface area contributed by atoms with Gasteiger partial charge in [-0.2, -0.15) is 0 Å². The second-order valence-electron chi connectivity index (χ2n) is 4.48. The van der Waals surface area contributed by atoms with Crippen molar-refractivity contribution in [2.75, 3.05) is 26.3 Å². The van der Waals surface area contributed by atoms with E-state index in [0.29, 0.717) is 51.6 Å². The molecule has 0 aromatic rings. The van der Waals surface area contributed by atoms with Crippen LogP contribution in [0.4, 0.5) is 4.79 Å². The van der Waals surface area contributed by atoms with Crippen LogP contribution >= 0.6 is 0 Å². The Morgan fingerprint density at radius 3 is 1.23 bits per heavy atom. The first-order chi connectivity index (χ1) is 10.3. The molecule has 0 spiro atoms. The number of rotatable bonds is 10. The van der Waals surface area contributed by atoms with Gasteiger partial charge < -0.3 is 42.1 Å². The van der Waals surface area contributed by atoms with Gasteiger partial charge in [0.25, 0.3) is 0 Å². The summed E-state index contributed by atoms with van der Waals surface area (Å²) in [6, 6.07) is 0. The number of hydrogen-bond donors (Lipinski definition) is 8. The zero-order valence-corrected chi connectivity index (χ0v) is 13.0. The first-order valence-corrected chi connectivity index (χ1v) is 7.25. The fourth-order valence-corrected chi connectivity index (χ4v) is 1.33. The highest BCUT2D eigenvalue weighted by Gasteiger charge is 2.00. The van der Waals surface area contributed by atoms with E-state index in [9.17, 15) is 0 Å². The molecule has 0 saturated heterocycles. The van der Waals surface area contributed by atoms with Crippen molar-refractivity contribution in [2.45, 2.75) is 50.7 Å². The van der Waals surface area contributed by atoms with Gasteiger partial charge >= 0.3 is 6.16 Å². The summed E-state index contributed by atoms with van der Waals surface area (Å²) in [7, 11) is 0. The highest BCUT2D eigenvalue weighted by molar-refractivity contribution is 5.53. The van der Waals surface area contributed by atoms with Crippen molar-refractivity contribution in [3.8, 4) is 0 Å². The lowest BCUT2D eigenvalue weighted by molar-refractivity contribution is 0.136. The SMILES string of the molecule is NCCC(O)CCCO.NCCC(O)CCCO.O=C(O)O. The number of carboxylic acid groups (broad SMARTS) is 2. The van der Waals surface area contributed by atoms with Crippen LogP contribution < -0.4 is 11.5 Å². The quantitative estimate of drug-likeness (QED) is 0.252. The van der Waals surface area contributed by atoms with Crippen LogP contribution in [0.2, 0.25) is 0 Å². The lowest BCUT2D eigenvalue weighted by atomic mass is 10.1. The van der Waals surface area contributed by atoms with Crippen LogP contribution in [0.25, 0.3) is 0 Å². The van der Waals surface area contributed by atoms with Crippen molar-refractivity contribution in [1.82, 2.24) is 0 Å². The summed E-state index contributed by atoms with van der Waals surface area (Å²) in [5.74, 6) is 0. The predicted molar refractivity (Wildman–Crippen MR) is 82.6 cm³/mol. The van der Waals surface area contributed by atoms with E-state index in [1.807, 2.05) is 0 Å². The standard InChI is InChI=1S/2C6H15NO2.CH2O3/c2*7-4-3-6(9)2-1-5-8;2-1(3)4/h2*6,8-9H,1-5,7H2;(H2,2,3,4). The molecule has 0 aromatic heterocycles. The molecule has 0 fully saturated rings. The van der Waals surface area contributed by atoms with Gasteiger partial charge in [-0.15, -0.1) is 0 Å². The van der Waals surface area contributed by atoms with Crippen LogP contribution in [-0.2, 0) is 0 Å². The van der Waals surface area contributed by atoms with E-state index in [2.05, 4.69) is 0 Å². The largest absolute Gasteiger partial charge is 0.503 e. The zero-order valence-electron chi connectivity index (χ0n) is 13.0. The molecule has 0 aliphatic rings. The molecule has 0 amide bonds. The first kappa shape index (κ1) is 26.0. The van der Waals surface area contributed by atoms with E-state index in [1.165, 1.54) is 0 Å². The molecule has 0 aliphatic carbocycles. The fourth-order valence-electron chi connectivity index (χ4n) is 1.33. The average molecular weight is 328 g/mol. The molecule has 2 unspecified atom stereocenters. The van der Waals surface area contributed by atoms with E-state index in [4.69, 9.17) is 46.9 Å². The number of hydrogen-bond acceptors (Lipinski definition) is 7.